The summed E-state index contributed by atoms with van der Waals surface area (Å²) in [5.41, 5.74) is 2.31. The van der Waals surface area contributed by atoms with Gasteiger partial charge in [-0.15, -0.1) is 0 Å². The Kier molecular flexibility index (Phi) is 10.3. The quantitative estimate of drug-likeness (QED) is 0.316. The number of carboxylic acid groups (broad SMARTS) is 3. The number of hydrazine groups is 1. The number of rotatable bonds is 15. The van der Waals surface area contributed by atoms with Gasteiger partial charge in [0, 0.05) is 19.5 Å². The fourth-order valence-electron chi connectivity index (χ4n) is 3.81. The van der Waals surface area contributed by atoms with Crippen molar-refractivity contribution in [2.75, 3.05) is 13.1 Å². The van der Waals surface area contributed by atoms with Crippen LogP contribution in [-0.4, -0.2) is 56.9 Å². The van der Waals surface area contributed by atoms with E-state index in [1.807, 2.05) is 11.9 Å². The molecule has 0 aromatic heterocycles. The Labute approximate surface area is 160 Å². The van der Waals surface area contributed by atoms with Gasteiger partial charge in [-0.05, 0) is 44.9 Å². The lowest BCUT2D eigenvalue weighted by molar-refractivity contribution is -0.152. The first-order valence-corrected chi connectivity index (χ1v) is 10.0. The Balaban J connectivity index is 2.44. The molecule has 1 aliphatic heterocycles. The van der Waals surface area contributed by atoms with Crippen LogP contribution in [0.2, 0.25) is 0 Å². The van der Waals surface area contributed by atoms with E-state index in [1.54, 1.807) is 0 Å². The highest BCUT2D eigenvalue weighted by Gasteiger charge is 2.47. The van der Waals surface area contributed by atoms with Crippen LogP contribution in [0.1, 0.15) is 77.6 Å². The second-order valence-electron chi connectivity index (χ2n) is 7.39. The van der Waals surface area contributed by atoms with E-state index in [4.69, 9.17) is 10.2 Å². The van der Waals surface area contributed by atoms with Crippen LogP contribution in [0.15, 0.2) is 0 Å². The average Bonchev–Trinajstić information content (AvgIpc) is 3.01. The van der Waals surface area contributed by atoms with Crippen molar-refractivity contribution in [3.8, 4) is 0 Å². The molecule has 156 valence electrons. The summed E-state index contributed by atoms with van der Waals surface area (Å²) in [6, 6.07) is 0. The highest BCUT2D eigenvalue weighted by Crippen LogP contribution is 2.33. The second-order valence-corrected chi connectivity index (χ2v) is 7.39. The fourth-order valence-corrected chi connectivity index (χ4v) is 3.81. The highest BCUT2D eigenvalue weighted by molar-refractivity contribution is 5.79. The van der Waals surface area contributed by atoms with Crippen molar-refractivity contribution in [1.82, 2.24) is 10.4 Å². The van der Waals surface area contributed by atoms with Gasteiger partial charge in [0.15, 0.2) is 0 Å². The van der Waals surface area contributed by atoms with Gasteiger partial charge in [-0.1, -0.05) is 26.2 Å². The Morgan fingerprint density at radius 3 is 2.37 bits per heavy atom. The molecular weight excluding hydrogens is 352 g/mol. The SMILES string of the molecule is CCC(CCCNN1CCC[C@@]1(CCCCCCC(=O)O)C(=O)O)C(=O)O. The highest BCUT2D eigenvalue weighted by atomic mass is 16.4. The Bertz CT molecular complexity index is 499. The van der Waals surface area contributed by atoms with E-state index in [0.29, 0.717) is 51.6 Å². The lowest BCUT2D eigenvalue weighted by Gasteiger charge is -2.35. The topological polar surface area (TPSA) is 127 Å². The Hall–Kier alpha value is -1.67. The molecule has 1 heterocycles. The van der Waals surface area contributed by atoms with Crippen molar-refractivity contribution in [3.63, 3.8) is 0 Å². The zero-order chi connectivity index (χ0) is 20.3. The third-order valence-electron chi connectivity index (χ3n) is 5.49. The molecule has 8 nitrogen and oxygen atoms in total. The summed E-state index contributed by atoms with van der Waals surface area (Å²) in [6.45, 7) is 3.09. The maximum atomic E-state index is 12.0. The number of carbonyl (C=O) groups is 3. The third-order valence-corrected chi connectivity index (χ3v) is 5.49. The molecular formula is C19H34N2O6. The van der Waals surface area contributed by atoms with Crippen molar-refractivity contribution in [1.29, 1.82) is 0 Å². The lowest BCUT2D eigenvalue weighted by Crippen LogP contribution is -2.56. The van der Waals surface area contributed by atoms with Gasteiger partial charge in [-0.2, -0.15) is 0 Å². The van der Waals surface area contributed by atoms with Gasteiger partial charge < -0.3 is 15.3 Å². The molecule has 1 unspecified atom stereocenters. The fraction of sp³-hybridized carbons (Fsp3) is 0.842. The molecule has 0 bridgehead atoms. The molecule has 2 atom stereocenters. The van der Waals surface area contributed by atoms with E-state index in [1.165, 1.54) is 0 Å². The number of hydrogen-bond donors (Lipinski definition) is 4. The molecule has 8 heteroatoms. The molecule has 1 aliphatic rings. The van der Waals surface area contributed by atoms with Crippen LogP contribution < -0.4 is 5.43 Å². The molecule has 0 radical (unpaired) electrons. The van der Waals surface area contributed by atoms with E-state index >= 15 is 0 Å². The molecule has 1 saturated heterocycles. The second kappa shape index (κ2) is 11.9. The maximum Gasteiger partial charge on any atom is 0.325 e. The van der Waals surface area contributed by atoms with Crippen molar-refractivity contribution in [2.45, 2.75) is 83.1 Å². The van der Waals surface area contributed by atoms with E-state index in [9.17, 15) is 19.5 Å². The zero-order valence-electron chi connectivity index (χ0n) is 16.3. The monoisotopic (exact) mass is 386 g/mol. The lowest BCUT2D eigenvalue weighted by atomic mass is 9.90. The average molecular weight is 386 g/mol. The molecule has 1 rings (SSSR count). The summed E-state index contributed by atoms with van der Waals surface area (Å²) in [5, 5.41) is 29.4. The van der Waals surface area contributed by atoms with Crippen LogP contribution in [-0.2, 0) is 14.4 Å². The Morgan fingerprint density at radius 1 is 1.07 bits per heavy atom. The summed E-state index contributed by atoms with van der Waals surface area (Å²) in [6.07, 6.45) is 6.96. The predicted octanol–water partition coefficient (Wildman–Crippen LogP) is 2.73. The minimum absolute atomic E-state index is 0.160. The number of carboxylic acids is 3. The predicted molar refractivity (Wildman–Crippen MR) is 100 cm³/mol. The van der Waals surface area contributed by atoms with Crippen LogP contribution in [0, 0.1) is 5.92 Å². The largest absolute Gasteiger partial charge is 0.481 e. The molecule has 0 amide bonds. The summed E-state index contributed by atoms with van der Waals surface area (Å²) in [7, 11) is 0. The normalized spacial score (nSPS) is 21.2. The van der Waals surface area contributed by atoms with E-state index in [2.05, 4.69) is 5.43 Å². The number of unbranched alkanes of at least 4 members (excludes halogenated alkanes) is 3. The first-order valence-electron chi connectivity index (χ1n) is 10.0. The van der Waals surface area contributed by atoms with Crippen LogP contribution in [0.4, 0.5) is 0 Å². The van der Waals surface area contributed by atoms with Gasteiger partial charge >= 0.3 is 17.9 Å². The van der Waals surface area contributed by atoms with Gasteiger partial charge in [-0.25, -0.2) is 5.01 Å². The maximum absolute atomic E-state index is 12.0. The van der Waals surface area contributed by atoms with Gasteiger partial charge in [0.1, 0.15) is 5.54 Å². The third kappa shape index (κ3) is 7.46. The van der Waals surface area contributed by atoms with Crippen molar-refractivity contribution >= 4 is 17.9 Å². The summed E-state index contributed by atoms with van der Waals surface area (Å²) >= 11 is 0. The van der Waals surface area contributed by atoms with Gasteiger partial charge in [0.25, 0.3) is 0 Å². The standard InChI is InChI=1S/C19H34N2O6/c1-2-15(17(24)25)9-7-13-20-21-14-8-12-19(21,18(26)27)11-6-4-3-5-10-16(22)23/h15,20H,2-14H2,1H3,(H,22,23)(H,24,25)(H,26,27)/t15?,19-/m0/s1. The van der Waals surface area contributed by atoms with Crippen molar-refractivity contribution in [2.24, 2.45) is 5.92 Å². The van der Waals surface area contributed by atoms with Crippen LogP contribution in [0.3, 0.4) is 0 Å². The molecule has 1 fully saturated rings. The summed E-state index contributed by atoms with van der Waals surface area (Å²) in [5.74, 6) is -2.74. The van der Waals surface area contributed by atoms with E-state index in [-0.39, 0.29) is 12.3 Å². The summed E-state index contributed by atoms with van der Waals surface area (Å²) < 4.78 is 0. The van der Waals surface area contributed by atoms with E-state index < -0.39 is 23.4 Å². The Morgan fingerprint density at radius 2 is 1.78 bits per heavy atom. The van der Waals surface area contributed by atoms with Crippen molar-refractivity contribution in [3.05, 3.63) is 0 Å². The van der Waals surface area contributed by atoms with Gasteiger partial charge in [0.05, 0.1) is 5.92 Å². The van der Waals surface area contributed by atoms with Crippen molar-refractivity contribution < 1.29 is 29.7 Å². The first kappa shape index (κ1) is 23.4. The minimum Gasteiger partial charge on any atom is -0.481 e. The molecule has 0 spiro atoms. The van der Waals surface area contributed by atoms with Gasteiger partial charge in [-0.3, -0.25) is 19.8 Å². The zero-order valence-corrected chi connectivity index (χ0v) is 16.3. The van der Waals surface area contributed by atoms with Crippen LogP contribution in [0.25, 0.3) is 0 Å². The molecule has 0 aliphatic carbocycles. The molecule has 27 heavy (non-hydrogen) atoms. The molecule has 0 saturated carbocycles. The van der Waals surface area contributed by atoms with Crippen LogP contribution in [0.5, 0.6) is 0 Å². The first-order chi connectivity index (χ1) is 12.8. The molecule has 0 aromatic rings. The molecule has 0 aromatic carbocycles. The van der Waals surface area contributed by atoms with Crippen LogP contribution >= 0.6 is 0 Å². The van der Waals surface area contributed by atoms with E-state index in [0.717, 1.165) is 25.7 Å². The summed E-state index contributed by atoms with van der Waals surface area (Å²) in [4.78, 5) is 33.6. The number of aliphatic carboxylic acids is 3. The molecule has 4 N–H and O–H groups in total. The number of hydrogen-bond acceptors (Lipinski definition) is 5. The minimum atomic E-state index is -0.913. The smallest absolute Gasteiger partial charge is 0.325 e. The number of nitrogens with zero attached hydrogens (tertiary/aromatic N) is 1. The number of nitrogens with one attached hydrogen (secondary N) is 1. The van der Waals surface area contributed by atoms with Gasteiger partial charge in [0.2, 0.25) is 0 Å².